The van der Waals surface area contributed by atoms with Crippen LogP contribution in [0.25, 0.3) is 0 Å². The van der Waals surface area contributed by atoms with Gasteiger partial charge in [0.15, 0.2) is 5.69 Å². The summed E-state index contributed by atoms with van der Waals surface area (Å²) in [6.07, 6.45) is 11.3. The first kappa shape index (κ1) is 14.1. The van der Waals surface area contributed by atoms with Gasteiger partial charge in [-0.2, -0.15) is 11.8 Å². The summed E-state index contributed by atoms with van der Waals surface area (Å²) >= 11 is 1.92. The summed E-state index contributed by atoms with van der Waals surface area (Å²) in [5.41, 5.74) is -0.0252. The van der Waals surface area contributed by atoms with E-state index in [-0.39, 0.29) is 10.4 Å². The quantitative estimate of drug-likeness (QED) is 0.864. The van der Waals surface area contributed by atoms with Crippen LogP contribution >= 0.6 is 11.8 Å². The van der Waals surface area contributed by atoms with Gasteiger partial charge in [-0.1, -0.05) is 19.3 Å². The van der Waals surface area contributed by atoms with E-state index in [4.69, 9.17) is 5.11 Å². The van der Waals surface area contributed by atoms with E-state index >= 15 is 0 Å². The zero-order valence-electron chi connectivity index (χ0n) is 11.1. The third-order valence-corrected chi connectivity index (χ3v) is 5.08. The van der Waals surface area contributed by atoms with Crippen molar-refractivity contribution in [2.24, 2.45) is 0 Å². The zero-order valence-corrected chi connectivity index (χ0v) is 11.9. The van der Waals surface area contributed by atoms with Gasteiger partial charge in [0.1, 0.15) is 5.82 Å². The third-order valence-electron chi connectivity index (χ3n) is 3.66. The molecule has 0 spiro atoms. The smallest absolute Gasteiger partial charge is 0.356 e. The molecule has 6 heteroatoms. The van der Waals surface area contributed by atoms with Gasteiger partial charge in [0.2, 0.25) is 0 Å². The normalized spacial score (nSPS) is 17.9. The monoisotopic (exact) mass is 281 g/mol. The molecule has 0 bridgehead atoms. The summed E-state index contributed by atoms with van der Waals surface area (Å²) in [6, 6.07) is 0. The van der Waals surface area contributed by atoms with Crippen molar-refractivity contribution < 1.29 is 9.90 Å². The first-order valence-electron chi connectivity index (χ1n) is 6.50. The van der Waals surface area contributed by atoms with Gasteiger partial charge in [0.25, 0.3) is 0 Å². The van der Waals surface area contributed by atoms with Crippen molar-refractivity contribution in [3.05, 3.63) is 18.1 Å². The molecule has 19 heavy (non-hydrogen) atoms. The van der Waals surface area contributed by atoms with E-state index in [1.807, 2.05) is 11.8 Å². The van der Waals surface area contributed by atoms with Gasteiger partial charge >= 0.3 is 5.97 Å². The first-order chi connectivity index (χ1) is 9.15. The zero-order chi connectivity index (χ0) is 13.7. The van der Waals surface area contributed by atoms with E-state index in [0.29, 0.717) is 5.82 Å². The molecule has 1 aliphatic rings. The average Bonchev–Trinajstić information content (AvgIpc) is 2.46. The standard InChI is InChI=1S/C13H19N3O2S/c1-19-13(5-3-2-4-6-13)9-16-11-8-14-10(7-15-11)12(17)18/h7-8H,2-6,9H2,1H3,(H,15,16)(H,17,18). The van der Waals surface area contributed by atoms with Crippen molar-refractivity contribution in [2.75, 3.05) is 18.1 Å². The highest BCUT2D eigenvalue weighted by molar-refractivity contribution is 8.00. The number of carboxylic acid groups (broad SMARTS) is 1. The molecule has 2 N–H and O–H groups in total. The van der Waals surface area contributed by atoms with Crippen molar-refractivity contribution in [1.29, 1.82) is 0 Å². The summed E-state index contributed by atoms with van der Waals surface area (Å²) in [6.45, 7) is 0.856. The molecule has 0 saturated heterocycles. The second-order valence-electron chi connectivity index (χ2n) is 4.89. The Morgan fingerprint density at radius 2 is 2.11 bits per heavy atom. The summed E-state index contributed by atoms with van der Waals surface area (Å²) < 4.78 is 0.283. The number of hydrogen-bond acceptors (Lipinski definition) is 5. The molecule has 1 aliphatic carbocycles. The maximum Gasteiger partial charge on any atom is 0.356 e. The highest BCUT2D eigenvalue weighted by atomic mass is 32.2. The number of aromatic nitrogens is 2. The number of thioether (sulfide) groups is 1. The number of nitrogens with zero attached hydrogens (tertiary/aromatic N) is 2. The Morgan fingerprint density at radius 3 is 2.63 bits per heavy atom. The van der Waals surface area contributed by atoms with Gasteiger partial charge < -0.3 is 10.4 Å². The first-order valence-corrected chi connectivity index (χ1v) is 7.72. The van der Waals surface area contributed by atoms with Crippen LogP contribution in [0, 0.1) is 0 Å². The maximum atomic E-state index is 10.7. The van der Waals surface area contributed by atoms with Gasteiger partial charge in [-0.15, -0.1) is 0 Å². The Hall–Kier alpha value is -1.30. The number of nitrogens with one attached hydrogen (secondary N) is 1. The lowest BCUT2D eigenvalue weighted by Gasteiger charge is -2.36. The van der Waals surface area contributed by atoms with E-state index in [2.05, 4.69) is 21.5 Å². The highest BCUT2D eigenvalue weighted by Gasteiger charge is 2.30. The van der Waals surface area contributed by atoms with Crippen molar-refractivity contribution in [3.8, 4) is 0 Å². The molecule has 2 rings (SSSR count). The Bertz CT molecular complexity index is 430. The number of anilines is 1. The van der Waals surface area contributed by atoms with Crippen LogP contribution in [0.2, 0.25) is 0 Å². The molecule has 1 fully saturated rings. The van der Waals surface area contributed by atoms with Gasteiger partial charge in [-0.05, 0) is 19.1 Å². The summed E-state index contributed by atoms with van der Waals surface area (Å²) in [5.74, 6) is -0.407. The minimum absolute atomic E-state index is 0.0252. The number of carbonyl (C=O) groups is 1. The number of rotatable bonds is 5. The minimum atomic E-state index is -1.05. The van der Waals surface area contributed by atoms with Gasteiger partial charge in [-0.3, -0.25) is 0 Å². The fraction of sp³-hybridized carbons (Fsp3) is 0.615. The van der Waals surface area contributed by atoms with Crippen LogP contribution in [0.1, 0.15) is 42.6 Å². The van der Waals surface area contributed by atoms with Crippen LogP contribution in [-0.4, -0.2) is 38.6 Å². The predicted octanol–water partition coefficient (Wildman–Crippen LogP) is 2.65. The molecule has 0 amide bonds. The molecule has 0 unspecified atom stereocenters. The minimum Gasteiger partial charge on any atom is -0.476 e. The van der Waals surface area contributed by atoms with Crippen molar-refractivity contribution in [2.45, 2.75) is 36.9 Å². The second-order valence-corrected chi connectivity index (χ2v) is 6.17. The van der Waals surface area contributed by atoms with Crippen molar-refractivity contribution in [1.82, 2.24) is 9.97 Å². The SMILES string of the molecule is CSC1(CNc2cnc(C(=O)O)cn2)CCCCC1. The second kappa shape index (κ2) is 6.23. The Labute approximate surface area is 117 Å². The molecule has 0 radical (unpaired) electrons. The molecule has 0 aliphatic heterocycles. The lowest BCUT2D eigenvalue weighted by atomic mass is 9.88. The molecule has 0 atom stereocenters. The number of carboxylic acids is 1. The highest BCUT2D eigenvalue weighted by Crippen LogP contribution is 2.38. The lowest BCUT2D eigenvalue weighted by molar-refractivity contribution is 0.0690. The predicted molar refractivity (Wildman–Crippen MR) is 76.8 cm³/mol. The molecule has 1 aromatic rings. The van der Waals surface area contributed by atoms with Crippen molar-refractivity contribution >= 4 is 23.5 Å². The summed E-state index contributed by atoms with van der Waals surface area (Å²) in [4.78, 5) is 18.6. The molecule has 1 heterocycles. The lowest BCUT2D eigenvalue weighted by Crippen LogP contribution is -2.35. The van der Waals surface area contributed by atoms with Gasteiger partial charge in [0, 0.05) is 11.3 Å². The Balaban J connectivity index is 1.95. The molecule has 1 saturated carbocycles. The van der Waals surface area contributed by atoms with Crippen LogP contribution < -0.4 is 5.32 Å². The average molecular weight is 281 g/mol. The fourth-order valence-electron chi connectivity index (χ4n) is 2.43. The van der Waals surface area contributed by atoms with Crippen LogP contribution in [0.5, 0.6) is 0 Å². The number of hydrogen-bond donors (Lipinski definition) is 2. The van der Waals surface area contributed by atoms with E-state index < -0.39 is 5.97 Å². The van der Waals surface area contributed by atoms with Crippen LogP contribution in [-0.2, 0) is 0 Å². The van der Waals surface area contributed by atoms with Gasteiger partial charge in [-0.25, -0.2) is 14.8 Å². The van der Waals surface area contributed by atoms with Gasteiger partial charge in [0.05, 0.1) is 12.4 Å². The summed E-state index contributed by atoms with van der Waals surface area (Å²) in [7, 11) is 0. The molecule has 0 aromatic carbocycles. The fourth-order valence-corrected chi connectivity index (χ4v) is 3.34. The van der Waals surface area contributed by atoms with E-state index in [9.17, 15) is 4.79 Å². The maximum absolute atomic E-state index is 10.7. The van der Waals surface area contributed by atoms with Crippen LogP contribution in [0.3, 0.4) is 0 Å². The van der Waals surface area contributed by atoms with Crippen molar-refractivity contribution in [3.63, 3.8) is 0 Å². The Morgan fingerprint density at radius 1 is 1.37 bits per heavy atom. The van der Waals surface area contributed by atoms with Crippen LogP contribution in [0.4, 0.5) is 5.82 Å². The molecular formula is C13H19N3O2S. The largest absolute Gasteiger partial charge is 0.476 e. The molecule has 104 valence electrons. The third kappa shape index (κ3) is 3.59. The topological polar surface area (TPSA) is 75.1 Å². The molecule has 1 aromatic heterocycles. The number of aromatic carboxylic acids is 1. The Kier molecular flexibility index (Phi) is 4.63. The van der Waals surface area contributed by atoms with Crippen LogP contribution in [0.15, 0.2) is 12.4 Å². The molecular weight excluding hydrogens is 262 g/mol. The van der Waals surface area contributed by atoms with E-state index in [0.717, 1.165) is 6.54 Å². The molecule has 5 nitrogen and oxygen atoms in total. The van der Waals surface area contributed by atoms with E-state index in [1.165, 1.54) is 44.5 Å². The van der Waals surface area contributed by atoms with E-state index in [1.54, 1.807) is 0 Å². The summed E-state index contributed by atoms with van der Waals surface area (Å²) in [5, 5.41) is 12.0.